The van der Waals surface area contributed by atoms with Gasteiger partial charge in [-0.05, 0) is 82.1 Å². The minimum absolute atomic E-state index is 0.0270. The van der Waals surface area contributed by atoms with Crippen molar-refractivity contribution in [3.63, 3.8) is 0 Å². The topological polar surface area (TPSA) is 29.3 Å². The summed E-state index contributed by atoms with van der Waals surface area (Å²) in [7, 11) is 0. The summed E-state index contributed by atoms with van der Waals surface area (Å²) >= 11 is 1.88. The van der Waals surface area contributed by atoms with Gasteiger partial charge in [-0.1, -0.05) is 121 Å². The number of rotatable bonds is 4. The Morgan fingerprint density at radius 3 is 2.10 bits per heavy atom. The molecule has 1 unspecified atom stereocenters. The van der Waals surface area contributed by atoms with E-state index in [1.54, 1.807) is 0 Å². The summed E-state index contributed by atoms with van der Waals surface area (Å²) in [6, 6.07) is 63.8. The molecule has 3 nitrogen and oxygen atoms in total. The second-order valence-corrected chi connectivity index (χ2v) is 14.7. The van der Waals surface area contributed by atoms with Crippen LogP contribution in [0.2, 0.25) is 0 Å². The van der Waals surface area contributed by atoms with E-state index in [4.69, 9.17) is 4.99 Å². The Morgan fingerprint density at radius 2 is 1.23 bits per heavy atom. The smallest absolute Gasteiger partial charge is 0.134 e. The van der Waals surface area contributed by atoms with Crippen LogP contribution in [0.4, 0.5) is 5.69 Å². The van der Waals surface area contributed by atoms with Gasteiger partial charge in [-0.15, -0.1) is 11.3 Å². The number of thiophene rings is 1. The van der Waals surface area contributed by atoms with Gasteiger partial charge in [-0.25, -0.2) is 4.99 Å². The fourth-order valence-electron chi connectivity index (χ4n) is 8.17. The normalized spacial score (nSPS) is 14.2. The molecule has 1 N–H and O–H groups in total. The summed E-state index contributed by atoms with van der Waals surface area (Å²) < 4.78 is 5.07. The number of hydrogen-bond acceptors (Lipinski definition) is 3. The molecule has 2 aromatic heterocycles. The molecule has 0 bridgehead atoms. The molecular formula is C48H31N3S. The Kier molecular flexibility index (Phi) is 6.48. The Morgan fingerprint density at radius 1 is 0.500 bits per heavy atom. The second kappa shape index (κ2) is 11.5. The highest BCUT2D eigenvalue weighted by atomic mass is 32.1. The van der Waals surface area contributed by atoms with Crippen molar-refractivity contribution in [1.82, 2.24) is 9.88 Å². The molecule has 0 fully saturated rings. The summed E-state index contributed by atoms with van der Waals surface area (Å²) in [6.45, 7) is 0. The first kappa shape index (κ1) is 29.3. The molecule has 52 heavy (non-hydrogen) atoms. The number of aromatic nitrogens is 1. The number of para-hydroxylation sites is 1. The monoisotopic (exact) mass is 681 g/mol. The van der Waals surface area contributed by atoms with Crippen molar-refractivity contribution in [2.45, 2.75) is 6.04 Å². The predicted molar refractivity (Wildman–Crippen MR) is 221 cm³/mol. The number of benzene rings is 8. The fourth-order valence-corrected chi connectivity index (χ4v) is 9.31. The van der Waals surface area contributed by atoms with Gasteiger partial charge in [0.05, 0.1) is 22.8 Å². The maximum absolute atomic E-state index is 5.11. The van der Waals surface area contributed by atoms with E-state index in [1.807, 2.05) is 11.3 Å². The standard InChI is InChI=1S/C48H31N3S/c1-3-11-30(12-4-1)34-21-25-37-39-28-40-45(52-44-26-22-31-13-7-8-16-36(31)46(40)44)29-43(39)51(42(37)27-34)35-23-19-33(20-24-35)48-49-41-18-10-9-17-38(41)47(50-48)32-14-5-2-6-15-32/h1-29,47H,(H,49,50). The molecule has 0 spiro atoms. The zero-order valence-corrected chi connectivity index (χ0v) is 28.9. The van der Waals surface area contributed by atoms with Gasteiger partial charge in [0.15, 0.2) is 0 Å². The molecule has 0 radical (unpaired) electrons. The van der Waals surface area contributed by atoms with Crippen LogP contribution < -0.4 is 5.32 Å². The maximum Gasteiger partial charge on any atom is 0.134 e. The van der Waals surface area contributed by atoms with Crippen LogP contribution in [0.15, 0.2) is 181 Å². The van der Waals surface area contributed by atoms with Crippen molar-refractivity contribution in [3.8, 4) is 16.8 Å². The SMILES string of the molecule is c1ccc(-c2ccc3c4cc5c(cc4n(-c4ccc(C6=Nc7ccccc7C(c7ccccc7)N6)cc4)c3c2)sc2ccc3ccccc3c25)cc1. The van der Waals surface area contributed by atoms with Crippen molar-refractivity contribution in [1.29, 1.82) is 0 Å². The van der Waals surface area contributed by atoms with Crippen molar-refractivity contribution < 1.29 is 0 Å². The number of nitrogens with one attached hydrogen (secondary N) is 1. The van der Waals surface area contributed by atoms with Crippen LogP contribution in [-0.4, -0.2) is 10.4 Å². The van der Waals surface area contributed by atoms with E-state index in [0.29, 0.717) is 0 Å². The highest BCUT2D eigenvalue weighted by Gasteiger charge is 2.24. The minimum atomic E-state index is 0.0270. The zero-order chi connectivity index (χ0) is 34.2. The number of amidine groups is 1. The molecule has 1 atom stereocenters. The van der Waals surface area contributed by atoms with Crippen LogP contribution in [0.3, 0.4) is 0 Å². The van der Waals surface area contributed by atoms with Gasteiger partial charge in [0.2, 0.25) is 0 Å². The van der Waals surface area contributed by atoms with Crippen LogP contribution in [0, 0.1) is 0 Å². The van der Waals surface area contributed by atoms with Crippen LogP contribution in [0.1, 0.15) is 22.7 Å². The molecule has 10 aromatic rings. The summed E-state index contributed by atoms with van der Waals surface area (Å²) in [5.41, 5.74) is 10.4. The van der Waals surface area contributed by atoms with E-state index in [0.717, 1.165) is 22.8 Å². The molecule has 244 valence electrons. The zero-order valence-electron chi connectivity index (χ0n) is 28.1. The lowest BCUT2D eigenvalue weighted by atomic mass is 9.95. The van der Waals surface area contributed by atoms with Crippen LogP contribution in [0.5, 0.6) is 0 Å². The van der Waals surface area contributed by atoms with Crippen molar-refractivity contribution >= 4 is 75.6 Å². The third kappa shape index (κ3) is 4.55. The Balaban J connectivity index is 1.10. The number of nitrogens with zero attached hydrogens (tertiary/aromatic N) is 2. The molecule has 4 heteroatoms. The number of fused-ring (bicyclic) bond motifs is 9. The molecule has 8 aromatic carbocycles. The lowest BCUT2D eigenvalue weighted by Gasteiger charge is -2.27. The van der Waals surface area contributed by atoms with Crippen LogP contribution in [0.25, 0.3) is 69.6 Å². The third-order valence-corrected chi connectivity index (χ3v) is 11.8. The molecular weight excluding hydrogens is 651 g/mol. The minimum Gasteiger partial charge on any atom is -0.359 e. The van der Waals surface area contributed by atoms with Gasteiger partial charge >= 0.3 is 0 Å². The van der Waals surface area contributed by atoms with Crippen LogP contribution >= 0.6 is 11.3 Å². The highest BCUT2D eigenvalue weighted by molar-refractivity contribution is 7.26. The Bertz CT molecular complexity index is 3030. The average Bonchev–Trinajstić information content (AvgIpc) is 3.74. The maximum atomic E-state index is 5.11. The fraction of sp³-hybridized carbons (Fsp3) is 0.0208. The van der Waals surface area contributed by atoms with E-state index < -0.39 is 0 Å². The quantitative estimate of drug-likeness (QED) is 0.197. The van der Waals surface area contributed by atoms with E-state index in [9.17, 15) is 0 Å². The van der Waals surface area contributed by atoms with Gasteiger partial charge in [-0.3, -0.25) is 0 Å². The van der Waals surface area contributed by atoms with Crippen molar-refractivity contribution in [2.75, 3.05) is 0 Å². The molecule has 3 heterocycles. The highest BCUT2D eigenvalue weighted by Crippen LogP contribution is 2.44. The van der Waals surface area contributed by atoms with Gasteiger partial charge in [0, 0.05) is 47.8 Å². The van der Waals surface area contributed by atoms with Crippen molar-refractivity contribution in [2.24, 2.45) is 4.99 Å². The van der Waals surface area contributed by atoms with Gasteiger partial charge < -0.3 is 9.88 Å². The Hall–Kier alpha value is -6.49. The molecule has 11 rings (SSSR count). The molecule has 0 amide bonds. The Labute approximate surface area is 304 Å². The average molecular weight is 682 g/mol. The van der Waals surface area contributed by atoms with Gasteiger partial charge in [0.1, 0.15) is 5.84 Å². The van der Waals surface area contributed by atoms with Crippen molar-refractivity contribution in [3.05, 3.63) is 193 Å². The number of aliphatic imine (C=N–C) groups is 1. The number of hydrogen-bond donors (Lipinski definition) is 1. The molecule has 0 saturated heterocycles. The summed E-state index contributed by atoms with van der Waals surface area (Å²) in [5, 5.41) is 11.5. The molecule has 0 saturated carbocycles. The summed E-state index contributed by atoms with van der Waals surface area (Å²) in [6.07, 6.45) is 0. The summed E-state index contributed by atoms with van der Waals surface area (Å²) in [4.78, 5) is 5.11. The van der Waals surface area contributed by atoms with E-state index in [2.05, 4.69) is 186 Å². The summed E-state index contributed by atoms with van der Waals surface area (Å²) in [5.74, 6) is 0.881. The van der Waals surface area contributed by atoms with Gasteiger partial charge in [0.25, 0.3) is 0 Å². The first-order valence-corrected chi connectivity index (χ1v) is 18.6. The molecule has 1 aliphatic rings. The van der Waals surface area contributed by atoms with E-state index in [1.165, 1.54) is 75.0 Å². The lowest BCUT2D eigenvalue weighted by Crippen LogP contribution is -2.32. The van der Waals surface area contributed by atoms with E-state index >= 15 is 0 Å². The molecule has 0 aliphatic carbocycles. The molecule has 1 aliphatic heterocycles. The van der Waals surface area contributed by atoms with Crippen LogP contribution in [-0.2, 0) is 0 Å². The third-order valence-electron chi connectivity index (χ3n) is 10.6. The predicted octanol–water partition coefficient (Wildman–Crippen LogP) is 12.7. The second-order valence-electron chi connectivity index (χ2n) is 13.6. The largest absolute Gasteiger partial charge is 0.359 e. The first-order valence-electron chi connectivity index (χ1n) is 17.7. The van der Waals surface area contributed by atoms with Gasteiger partial charge in [-0.2, -0.15) is 0 Å². The van der Waals surface area contributed by atoms with E-state index in [-0.39, 0.29) is 6.04 Å². The lowest BCUT2D eigenvalue weighted by molar-refractivity contribution is 0.749. The first-order chi connectivity index (χ1) is 25.8.